The smallest absolute Gasteiger partial charge is 0.338 e. The second-order valence-electron chi connectivity index (χ2n) is 22.1. The lowest BCUT2D eigenvalue weighted by molar-refractivity contribution is -0.141. The van der Waals surface area contributed by atoms with E-state index in [4.69, 9.17) is 42.6 Å². The van der Waals surface area contributed by atoms with E-state index < -0.39 is 0 Å². The maximum Gasteiger partial charge on any atom is 0.338 e. The normalized spacial score (nSPS) is 20.6. The van der Waals surface area contributed by atoms with Gasteiger partial charge in [-0.2, -0.15) is 0 Å². The van der Waals surface area contributed by atoms with Crippen LogP contribution >= 0.6 is 0 Å². The fraction of sp³-hybridized carbons (Fsp3) is 0.566. The maximum absolute atomic E-state index is 12.3. The number of carbonyl (C=O) groups is 3. The van der Waals surface area contributed by atoms with Crippen LogP contribution in [0.5, 0.6) is 34.5 Å². The molecular weight excluding hydrogens is 1100 g/mol. The van der Waals surface area contributed by atoms with Gasteiger partial charge in [-0.05, 0) is 226 Å². The summed E-state index contributed by atoms with van der Waals surface area (Å²) in [5.74, 6) is 6.03. The van der Waals surface area contributed by atoms with Gasteiger partial charge >= 0.3 is 17.9 Å². The van der Waals surface area contributed by atoms with Gasteiger partial charge in [0.25, 0.3) is 0 Å². The molecule has 0 radical (unpaired) electrons. The van der Waals surface area contributed by atoms with Crippen LogP contribution in [0.4, 0.5) is 0 Å². The number of ether oxygens (including phenoxy) is 9. The lowest BCUT2D eigenvalue weighted by Gasteiger charge is -2.28. The van der Waals surface area contributed by atoms with E-state index in [9.17, 15) is 14.4 Å². The SMILES string of the molecule is CC.CC.CC.CC.CC.CC1CCC(OCOc2ccc(OC(=O)C3CCC(C)CC3)cc2)CC1.Cc1ccc(OCOC2CCC(OC(=O)c3ccc(C)cc3)CC2)cc1.Cc1ccc(OCOc2ccc(OC(=O)C3CCC(C)CC3)cc2)cc1.[HH].[HH].[HH].[HH]. The summed E-state index contributed by atoms with van der Waals surface area (Å²) in [4.78, 5) is 36.7. The van der Waals surface area contributed by atoms with Crippen molar-refractivity contribution in [2.45, 2.75) is 232 Å². The van der Waals surface area contributed by atoms with Crippen molar-refractivity contribution in [2.75, 3.05) is 20.4 Å². The summed E-state index contributed by atoms with van der Waals surface area (Å²) in [5.41, 5.74) is 4.13. The van der Waals surface area contributed by atoms with Crippen molar-refractivity contribution in [1.82, 2.24) is 0 Å². The van der Waals surface area contributed by atoms with Crippen LogP contribution in [0, 0.1) is 50.4 Å². The van der Waals surface area contributed by atoms with E-state index in [0.29, 0.717) is 28.9 Å². The summed E-state index contributed by atoms with van der Waals surface area (Å²) in [6.07, 6.45) is 16.8. The fourth-order valence-corrected chi connectivity index (χ4v) is 10.1. The monoisotopic (exact) mass is 1230 g/mol. The molecule has 5 aromatic rings. The molecule has 4 saturated carbocycles. The zero-order valence-electron chi connectivity index (χ0n) is 57.0. The minimum Gasteiger partial charge on any atom is -0.468 e. The Kier molecular flexibility index (Phi) is 41.2. The van der Waals surface area contributed by atoms with Gasteiger partial charge in [0, 0.05) is 5.71 Å². The quantitative estimate of drug-likeness (QED) is 0.0470. The Hall–Kier alpha value is -6.37. The fourth-order valence-electron chi connectivity index (χ4n) is 10.1. The summed E-state index contributed by atoms with van der Waals surface area (Å²) < 4.78 is 50.7. The highest BCUT2D eigenvalue weighted by molar-refractivity contribution is 5.89. The lowest BCUT2D eigenvalue weighted by Crippen LogP contribution is -2.29. The first-order chi connectivity index (χ1) is 42.8. The molecule has 0 saturated heterocycles. The van der Waals surface area contributed by atoms with Crippen LogP contribution in [0.25, 0.3) is 0 Å². The average molecular weight is 1230 g/mol. The third-order valence-electron chi connectivity index (χ3n) is 15.5. The Balaban J connectivity index is -0.00000118. The second-order valence-corrected chi connectivity index (χ2v) is 22.1. The van der Waals surface area contributed by atoms with Crippen molar-refractivity contribution in [3.63, 3.8) is 0 Å². The van der Waals surface area contributed by atoms with Crippen LogP contribution in [0.3, 0.4) is 0 Å². The third kappa shape index (κ3) is 31.2. The molecule has 0 spiro atoms. The van der Waals surface area contributed by atoms with Crippen molar-refractivity contribution in [3.05, 3.63) is 144 Å². The number of hydrogen-bond donors (Lipinski definition) is 0. The number of aryl methyl sites for hydroxylation is 3. The third-order valence-corrected chi connectivity index (χ3v) is 15.5. The largest absolute Gasteiger partial charge is 0.468 e. The first kappa shape index (κ1) is 77.7. The van der Waals surface area contributed by atoms with E-state index in [1.165, 1.54) is 24.0 Å². The highest BCUT2D eigenvalue weighted by atomic mass is 16.7. The van der Waals surface area contributed by atoms with Gasteiger partial charge < -0.3 is 42.6 Å². The van der Waals surface area contributed by atoms with Crippen LogP contribution in [0.2, 0.25) is 0 Å². The number of carbonyl (C=O) groups excluding carboxylic acids is 3. The standard InChI is InChI=1S/C22H32O4.2C22H26O4.5C2H6.4H2/c3*1-16-3-7-18(8-4-16)22(23)26-21-13-11-20(12-14-21)25-15-24-19-9-5-17(2)6-10-19;5*1-2;;;;/h11-14,16-19H,3-10,15H2,1-2H3;5-6,9-14,16,18H,3-4,7-8,15H2,1-2H3;3-10,20-21H,11-15H2,1-2H3;5*1-2H3;4*1H. The molecule has 0 unspecified atom stereocenters. The van der Waals surface area contributed by atoms with Gasteiger partial charge in [-0.1, -0.05) is 143 Å². The van der Waals surface area contributed by atoms with Crippen LogP contribution in [-0.4, -0.2) is 56.6 Å². The van der Waals surface area contributed by atoms with Gasteiger partial charge in [-0.15, -0.1) is 0 Å². The van der Waals surface area contributed by atoms with Gasteiger partial charge in [-0.25, -0.2) is 4.79 Å². The van der Waals surface area contributed by atoms with Crippen LogP contribution in [-0.2, 0) is 23.8 Å². The van der Waals surface area contributed by atoms with Crippen molar-refractivity contribution >= 4 is 17.9 Å². The Morgan fingerprint density at radius 3 is 0.909 bits per heavy atom. The number of hydrogen-bond acceptors (Lipinski definition) is 12. The molecule has 0 N–H and O–H groups in total. The number of benzene rings is 5. The Labute approximate surface area is 538 Å². The predicted molar refractivity (Wildman–Crippen MR) is 367 cm³/mol. The van der Waals surface area contributed by atoms with E-state index in [1.807, 2.05) is 175 Å². The molecule has 0 amide bonds. The molecule has 12 nitrogen and oxygen atoms in total. The van der Waals surface area contributed by atoms with Crippen molar-refractivity contribution in [1.29, 1.82) is 0 Å². The molecule has 4 fully saturated rings. The minimum absolute atomic E-state index is 0. The summed E-state index contributed by atoms with van der Waals surface area (Å²) in [6.45, 7) is 33.5. The zero-order valence-corrected chi connectivity index (χ0v) is 57.0. The molecule has 0 bridgehead atoms. The van der Waals surface area contributed by atoms with E-state index >= 15 is 0 Å². The Morgan fingerprint density at radius 2 is 0.580 bits per heavy atom. The molecule has 0 aromatic heterocycles. The first-order valence-corrected chi connectivity index (χ1v) is 33.6. The number of rotatable bonds is 18. The second kappa shape index (κ2) is 46.7. The van der Waals surface area contributed by atoms with Gasteiger partial charge in [-0.3, -0.25) is 9.59 Å². The van der Waals surface area contributed by atoms with Crippen molar-refractivity contribution in [2.24, 2.45) is 29.6 Å². The Morgan fingerprint density at radius 1 is 0.330 bits per heavy atom. The van der Waals surface area contributed by atoms with E-state index in [0.717, 1.165) is 130 Å². The molecule has 12 heteroatoms. The molecule has 0 heterocycles. The zero-order chi connectivity index (χ0) is 65.1. The highest BCUT2D eigenvalue weighted by Gasteiger charge is 2.28. The van der Waals surface area contributed by atoms with Gasteiger partial charge in [0.05, 0.1) is 29.6 Å². The van der Waals surface area contributed by atoms with Crippen molar-refractivity contribution < 1.29 is 62.7 Å². The van der Waals surface area contributed by atoms with Crippen LogP contribution in [0.1, 0.15) is 225 Å². The van der Waals surface area contributed by atoms with Gasteiger partial charge in [0.15, 0.2) is 13.6 Å². The molecule has 4 aliphatic carbocycles. The minimum atomic E-state index is -0.239. The first-order valence-electron chi connectivity index (χ1n) is 33.6. The molecule has 4 aliphatic rings. The number of esters is 3. The summed E-state index contributed by atoms with van der Waals surface area (Å²) >= 11 is 0. The average Bonchev–Trinajstić information content (AvgIpc) is 3.60. The highest BCUT2D eigenvalue weighted by Crippen LogP contribution is 2.32. The predicted octanol–water partition coefficient (Wildman–Crippen LogP) is 21.4. The molecule has 498 valence electrons. The topological polar surface area (TPSA) is 134 Å². The molecule has 5 aromatic carbocycles. The lowest BCUT2D eigenvalue weighted by atomic mass is 9.83. The van der Waals surface area contributed by atoms with E-state index in [2.05, 4.69) is 20.8 Å². The van der Waals surface area contributed by atoms with Crippen LogP contribution in [0.15, 0.2) is 121 Å². The maximum atomic E-state index is 12.3. The van der Waals surface area contributed by atoms with E-state index in [-0.39, 0.29) is 68.0 Å². The summed E-state index contributed by atoms with van der Waals surface area (Å²) in [7, 11) is 0. The van der Waals surface area contributed by atoms with Crippen LogP contribution < -0.4 is 28.4 Å². The molecule has 0 atom stereocenters. The Bertz CT molecular complexity index is 2540. The van der Waals surface area contributed by atoms with Crippen molar-refractivity contribution in [3.8, 4) is 34.5 Å². The molecule has 88 heavy (non-hydrogen) atoms. The van der Waals surface area contributed by atoms with E-state index in [1.54, 1.807) is 36.4 Å². The summed E-state index contributed by atoms with van der Waals surface area (Å²) in [6, 6.07) is 37.5. The molecular formula is C76H122O12. The van der Waals surface area contributed by atoms with Gasteiger partial charge in [0.2, 0.25) is 6.79 Å². The van der Waals surface area contributed by atoms with Gasteiger partial charge in [0.1, 0.15) is 40.6 Å². The summed E-state index contributed by atoms with van der Waals surface area (Å²) in [5, 5.41) is 0. The molecule has 9 rings (SSSR count). The molecule has 0 aliphatic heterocycles.